The topological polar surface area (TPSA) is 30.5 Å². The van der Waals surface area contributed by atoms with Crippen LogP contribution in [0.4, 0.5) is 30.7 Å². The molecule has 35 heavy (non-hydrogen) atoms. The van der Waals surface area contributed by atoms with Crippen molar-refractivity contribution in [3.05, 3.63) is 69.5 Å². The second-order valence-electron chi connectivity index (χ2n) is 9.39. The van der Waals surface area contributed by atoms with E-state index in [-0.39, 0.29) is 35.2 Å². The molecule has 1 N–H and O–H groups in total. The molecule has 10 heteroatoms. The fourth-order valence-electron chi connectivity index (χ4n) is 5.04. The van der Waals surface area contributed by atoms with Gasteiger partial charge in [0.05, 0.1) is 23.8 Å². The molecule has 5 atom stereocenters. The lowest BCUT2D eigenvalue weighted by molar-refractivity contribution is -0.217. The number of alkyl halides is 6. The second-order valence-corrected chi connectivity index (χ2v) is 9.39. The van der Waals surface area contributed by atoms with Crippen LogP contribution in [0.25, 0.3) is 0 Å². The van der Waals surface area contributed by atoms with Crippen molar-refractivity contribution >= 4 is 0 Å². The smallest absolute Gasteiger partial charge is 0.352 e. The van der Waals surface area contributed by atoms with Gasteiger partial charge in [0.25, 0.3) is 0 Å². The monoisotopic (exact) mass is 505 g/mol. The molecule has 2 fully saturated rings. The molecule has 2 aliphatic heterocycles. The van der Waals surface area contributed by atoms with Gasteiger partial charge >= 0.3 is 12.4 Å². The quantitative estimate of drug-likeness (QED) is 0.479. The van der Waals surface area contributed by atoms with Crippen molar-refractivity contribution in [2.45, 2.75) is 51.4 Å². The van der Waals surface area contributed by atoms with E-state index < -0.39 is 35.9 Å². The minimum atomic E-state index is -4.95. The lowest BCUT2D eigenvalue weighted by atomic mass is 9.76. The summed E-state index contributed by atoms with van der Waals surface area (Å²) in [4.78, 5) is 0. The first-order valence-electron chi connectivity index (χ1n) is 11.3. The molecule has 4 rings (SSSR count). The first-order valence-corrected chi connectivity index (χ1v) is 11.3. The molecule has 0 aromatic heterocycles. The Balaban J connectivity index is 1.70. The van der Waals surface area contributed by atoms with Gasteiger partial charge in [0.1, 0.15) is 5.82 Å². The third-order valence-corrected chi connectivity index (χ3v) is 6.95. The normalized spacial score (nSPS) is 26.0. The van der Waals surface area contributed by atoms with Gasteiger partial charge in [-0.25, -0.2) is 4.39 Å². The number of aryl methyl sites for hydroxylation is 2. The highest BCUT2D eigenvalue weighted by Gasteiger charge is 2.45. The van der Waals surface area contributed by atoms with E-state index in [4.69, 9.17) is 9.47 Å². The Morgan fingerprint density at radius 2 is 1.54 bits per heavy atom. The van der Waals surface area contributed by atoms with E-state index >= 15 is 0 Å². The molecule has 2 heterocycles. The Labute approximate surface area is 198 Å². The summed E-state index contributed by atoms with van der Waals surface area (Å²) in [7, 11) is 0. The van der Waals surface area contributed by atoms with E-state index in [0.717, 1.165) is 5.56 Å². The van der Waals surface area contributed by atoms with Crippen molar-refractivity contribution in [1.29, 1.82) is 0 Å². The summed E-state index contributed by atoms with van der Waals surface area (Å²) in [6.07, 6.45) is -12.0. The van der Waals surface area contributed by atoms with Gasteiger partial charge in [-0.15, -0.1) is 0 Å². The van der Waals surface area contributed by atoms with Crippen molar-refractivity contribution in [2.24, 2.45) is 11.8 Å². The summed E-state index contributed by atoms with van der Waals surface area (Å²) in [6.45, 7) is 6.48. The van der Waals surface area contributed by atoms with Crippen molar-refractivity contribution in [3.8, 4) is 0 Å². The Bertz CT molecular complexity index is 1050. The van der Waals surface area contributed by atoms with Crippen LogP contribution in [0.1, 0.15) is 52.3 Å². The van der Waals surface area contributed by atoms with Crippen LogP contribution in [-0.4, -0.2) is 26.0 Å². The molecule has 0 amide bonds. The molecule has 3 nitrogen and oxygen atoms in total. The van der Waals surface area contributed by atoms with Crippen molar-refractivity contribution < 1.29 is 40.2 Å². The van der Waals surface area contributed by atoms with Crippen LogP contribution in [0.2, 0.25) is 0 Å². The molecular formula is C25H26F7NO2. The lowest BCUT2D eigenvalue weighted by Crippen LogP contribution is -2.42. The second kappa shape index (κ2) is 9.37. The highest BCUT2D eigenvalue weighted by atomic mass is 19.4. The van der Waals surface area contributed by atoms with Crippen LogP contribution in [0, 0.1) is 31.5 Å². The van der Waals surface area contributed by atoms with Gasteiger partial charge in [-0.1, -0.05) is 6.07 Å². The van der Waals surface area contributed by atoms with Gasteiger partial charge in [-0.3, -0.25) is 0 Å². The predicted octanol–water partition coefficient (Wildman–Crippen LogP) is 6.53. The summed E-state index contributed by atoms with van der Waals surface area (Å²) < 4.78 is 106. The summed E-state index contributed by atoms with van der Waals surface area (Å²) >= 11 is 0. The van der Waals surface area contributed by atoms with Gasteiger partial charge in [0.15, 0.2) is 6.29 Å². The zero-order chi connectivity index (χ0) is 25.7. The fourth-order valence-corrected chi connectivity index (χ4v) is 5.04. The van der Waals surface area contributed by atoms with Gasteiger partial charge in [-0.05, 0) is 85.7 Å². The van der Waals surface area contributed by atoms with Crippen molar-refractivity contribution in [3.63, 3.8) is 0 Å². The number of benzene rings is 2. The minimum Gasteiger partial charge on any atom is -0.352 e. The predicted molar refractivity (Wildman–Crippen MR) is 114 cm³/mol. The molecule has 2 aliphatic rings. The maximum absolute atomic E-state index is 14.1. The Kier molecular flexibility index (Phi) is 6.93. The molecular weight excluding hydrogens is 479 g/mol. The third-order valence-electron chi connectivity index (χ3n) is 6.95. The average molecular weight is 505 g/mol. The average Bonchev–Trinajstić information content (AvgIpc) is 3.24. The SMILES string of the molecule is Cc1cc([C@@H]2[C@@H](O[C@H](C)c3cc(C(F)(F)F)cc(C(F)(F)F)c3)OC[C@@H]3CNC[C@H]32)c(C)cc1F. The lowest BCUT2D eigenvalue weighted by Gasteiger charge is -2.41. The van der Waals surface area contributed by atoms with Gasteiger partial charge < -0.3 is 14.8 Å². The Morgan fingerprint density at radius 1 is 0.914 bits per heavy atom. The van der Waals surface area contributed by atoms with Gasteiger partial charge in [-0.2, -0.15) is 26.3 Å². The molecule has 192 valence electrons. The van der Waals surface area contributed by atoms with Crippen LogP contribution in [0.15, 0.2) is 30.3 Å². The largest absolute Gasteiger partial charge is 0.416 e. The highest BCUT2D eigenvalue weighted by molar-refractivity contribution is 5.37. The van der Waals surface area contributed by atoms with Crippen molar-refractivity contribution in [1.82, 2.24) is 5.32 Å². The number of nitrogens with one attached hydrogen (secondary N) is 1. The Morgan fingerprint density at radius 3 is 2.14 bits per heavy atom. The standard InChI is InChI=1S/C25H26F7NO2/c1-12-5-21(26)13(2)4-19(12)22-20-10-33-9-16(20)11-34-23(22)35-14(3)15-6-17(24(27,28)29)8-18(7-15)25(30,31)32/h4-8,14,16,20,22-23,33H,9-11H2,1-3H3/t14-,16+,20-,22+,23-/m1/s1. The molecule has 0 saturated carbocycles. The van der Waals surface area contributed by atoms with E-state index in [1.165, 1.54) is 13.0 Å². The molecule has 2 aromatic rings. The van der Waals surface area contributed by atoms with Crippen LogP contribution in [0.3, 0.4) is 0 Å². The first kappa shape index (κ1) is 25.9. The fraction of sp³-hybridized carbons (Fsp3) is 0.520. The van der Waals surface area contributed by atoms with Crippen LogP contribution >= 0.6 is 0 Å². The molecule has 2 aromatic carbocycles. The maximum Gasteiger partial charge on any atom is 0.416 e. The molecule has 0 spiro atoms. The zero-order valence-corrected chi connectivity index (χ0v) is 19.4. The highest BCUT2D eigenvalue weighted by Crippen LogP contribution is 2.45. The number of halogens is 7. The maximum atomic E-state index is 14.1. The number of fused-ring (bicyclic) bond motifs is 1. The van der Waals surface area contributed by atoms with E-state index in [9.17, 15) is 30.7 Å². The van der Waals surface area contributed by atoms with Gasteiger partial charge in [0, 0.05) is 12.5 Å². The van der Waals surface area contributed by atoms with Crippen LogP contribution in [-0.2, 0) is 21.8 Å². The molecule has 0 bridgehead atoms. The number of rotatable bonds is 4. The zero-order valence-electron chi connectivity index (χ0n) is 19.4. The van der Waals surface area contributed by atoms with Crippen LogP contribution < -0.4 is 5.32 Å². The summed E-state index contributed by atoms with van der Waals surface area (Å²) in [5, 5.41) is 3.30. The molecule has 2 saturated heterocycles. The molecule has 0 radical (unpaired) electrons. The van der Waals surface area contributed by atoms with E-state index in [1.54, 1.807) is 19.9 Å². The van der Waals surface area contributed by atoms with Gasteiger partial charge in [0.2, 0.25) is 0 Å². The van der Waals surface area contributed by atoms with E-state index in [0.29, 0.717) is 43.0 Å². The van der Waals surface area contributed by atoms with Crippen molar-refractivity contribution in [2.75, 3.05) is 19.7 Å². The summed E-state index contributed by atoms with van der Waals surface area (Å²) in [5.74, 6) is -0.529. The Hall–Kier alpha value is -2.17. The summed E-state index contributed by atoms with van der Waals surface area (Å²) in [5.41, 5.74) is -1.16. The third kappa shape index (κ3) is 5.34. The number of hydrogen-bond donors (Lipinski definition) is 1. The van der Waals surface area contributed by atoms with Crippen LogP contribution in [0.5, 0.6) is 0 Å². The minimum absolute atomic E-state index is 0.0526. The van der Waals surface area contributed by atoms with E-state index in [1.807, 2.05) is 0 Å². The first-order chi connectivity index (χ1) is 16.3. The van der Waals surface area contributed by atoms with E-state index in [2.05, 4.69) is 5.32 Å². The number of ether oxygens (including phenoxy) is 2. The molecule has 0 unspecified atom stereocenters. The molecule has 0 aliphatic carbocycles. The summed E-state index contributed by atoms with van der Waals surface area (Å²) in [6, 6.07) is 4.57. The number of hydrogen-bond acceptors (Lipinski definition) is 3.